The van der Waals surface area contributed by atoms with Gasteiger partial charge in [-0.15, -0.1) is 0 Å². The average molecular weight is 397 g/mol. The van der Waals surface area contributed by atoms with Gasteiger partial charge < -0.3 is 10.1 Å². The summed E-state index contributed by atoms with van der Waals surface area (Å²) in [4.78, 5) is 15.1. The van der Waals surface area contributed by atoms with Gasteiger partial charge >= 0.3 is 0 Å². The first-order valence-corrected chi connectivity index (χ1v) is 10.8. The highest BCUT2D eigenvalue weighted by molar-refractivity contribution is 5.76. The first-order chi connectivity index (χ1) is 14.1. The molecule has 6 heteroatoms. The van der Waals surface area contributed by atoms with E-state index in [1.54, 1.807) is 0 Å². The minimum Gasteiger partial charge on any atom is -0.375 e. The summed E-state index contributed by atoms with van der Waals surface area (Å²) in [5.41, 5.74) is 3.91. The minimum absolute atomic E-state index is 0.0344. The quantitative estimate of drug-likeness (QED) is 0.816. The highest BCUT2D eigenvalue weighted by atomic mass is 16.5. The Labute approximate surface area is 173 Å². The van der Waals surface area contributed by atoms with Crippen molar-refractivity contribution in [3.63, 3.8) is 0 Å². The molecule has 1 aliphatic carbocycles. The lowest BCUT2D eigenvalue weighted by atomic mass is 9.93. The van der Waals surface area contributed by atoms with E-state index in [0.29, 0.717) is 19.1 Å². The number of nitrogens with one attached hydrogen (secondary N) is 1. The Morgan fingerprint density at radius 3 is 2.93 bits per heavy atom. The van der Waals surface area contributed by atoms with Crippen LogP contribution in [0.2, 0.25) is 0 Å². The molecule has 1 amide bonds. The molecule has 1 aliphatic heterocycles. The number of nitrogens with zero attached hydrogens (tertiary/aromatic N) is 3. The van der Waals surface area contributed by atoms with E-state index in [0.717, 1.165) is 38.9 Å². The SMILES string of the molecule is CC(C)n1ncc2c1CC(NC(=O)CC1CN(Cc3ccccc3)CCO1)CC2. The van der Waals surface area contributed by atoms with Crippen molar-refractivity contribution in [1.29, 1.82) is 0 Å². The van der Waals surface area contributed by atoms with Crippen molar-refractivity contribution in [2.45, 2.75) is 64.3 Å². The number of morpholine rings is 1. The maximum atomic E-state index is 12.7. The van der Waals surface area contributed by atoms with Crippen LogP contribution in [0.25, 0.3) is 0 Å². The average Bonchev–Trinajstić information content (AvgIpc) is 3.12. The van der Waals surface area contributed by atoms with Gasteiger partial charge in [0, 0.05) is 43.8 Å². The summed E-state index contributed by atoms with van der Waals surface area (Å²) in [6.45, 7) is 7.61. The normalized spacial score (nSPS) is 22.4. The number of hydrogen-bond acceptors (Lipinski definition) is 4. The van der Waals surface area contributed by atoms with Crippen molar-refractivity contribution < 1.29 is 9.53 Å². The summed E-state index contributed by atoms with van der Waals surface area (Å²) in [6.07, 6.45) is 5.22. The van der Waals surface area contributed by atoms with Gasteiger partial charge in [-0.2, -0.15) is 5.10 Å². The summed E-state index contributed by atoms with van der Waals surface area (Å²) < 4.78 is 7.98. The number of benzene rings is 1. The van der Waals surface area contributed by atoms with Crippen LogP contribution in [0.3, 0.4) is 0 Å². The molecule has 1 saturated heterocycles. The Bertz CT molecular complexity index is 818. The molecule has 0 radical (unpaired) electrons. The van der Waals surface area contributed by atoms with Crippen LogP contribution in [0, 0.1) is 0 Å². The van der Waals surface area contributed by atoms with Crippen LogP contribution in [0.1, 0.15) is 49.6 Å². The van der Waals surface area contributed by atoms with E-state index in [-0.39, 0.29) is 18.1 Å². The van der Waals surface area contributed by atoms with Gasteiger partial charge in [-0.05, 0) is 37.8 Å². The Morgan fingerprint density at radius 1 is 1.31 bits per heavy atom. The standard InChI is InChI=1S/C23H32N4O2/c1-17(2)27-22-12-20(9-8-19(22)14-24-27)25-23(28)13-21-16-26(10-11-29-21)15-18-6-4-3-5-7-18/h3-7,14,17,20-21H,8-13,15-16H2,1-2H3,(H,25,28). The topological polar surface area (TPSA) is 59.4 Å². The molecule has 2 atom stereocenters. The fraction of sp³-hybridized carbons (Fsp3) is 0.565. The summed E-state index contributed by atoms with van der Waals surface area (Å²) in [5, 5.41) is 7.77. The second-order valence-electron chi connectivity index (χ2n) is 8.58. The fourth-order valence-corrected chi connectivity index (χ4v) is 4.47. The Morgan fingerprint density at radius 2 is 2.14 bits per heavy atom. The molecule has 156 valence electrons. The van der Waals surface area contributed by atoms with Crippen LogP contribution < -0.4 is 5.32 Å². The number of rotatable bonds is 6. The summed E-state index contributed by atoms with van der Waals surface area (Å²) >= 11 is 0. The lowest BCUT2D eigenvalue weighted by Gasteiger charge is -2.33. The fourth-order valence-electron chi connectivity index (χ4n) is 4.47. The van der Waals surface area contributed by atoms with E-state index in [4.69, 9.17) is 4.74 Å². The van der Waals surface area contributed by atoms with Crippen LogP contribution in [0.5, 0.6) is 0 Å². The smallest absolute Gasteiger partial charge is 0.222 e. The van der Waals surface area contributed by atoms with E-state index in [1.807, 2.05) is 12.3 Å². The molecular formula is C23H32N4O2. The number of carbonyl (C=O) groups excluding carboxylic acids is 1. The van der Waals surface area contributed by atoms with E-state index in [2.05, 4.69) is 58.1 Å². The first-order valence-electron chi connectivity index (χ1n) is 10.8. The molecule has 1 aromatic heterocycles. The van der Waals surface area contributed by atoms with E-state index in [1.165, 1.54) is 16.8 Å². The van der Waals surface area contributed by atoms with Crippen LogP contribution in [-0.2, 0) is 28.9 Å². The van der Waals surface area contributed by atoms with Gasteiger partial charge in [0.2, 0.25) is 5.91 Å². The molecule has 1 N–H and O–H groups in total. The molecule has 1 aromatic carbocycles. The van der Waals surface area contributed by atoms with E-state index >= 15 is 0 Å². The van der Waals surface area contributed by atoms with Crippen LogP contribution in [-0.4, -0.2) is 52.4 Å². The third kappa shape index (κ3) is 5.06. The largest absolute Gasteiger partial charge is 0.375 e. The van der Waals surface area contributed by atoms with Crippen molar-refractivity contribution in [3.05, 3.63) is 53.3 Å². The molecule has 2 heterocycles. The summed E-state index contributed by atoms with van der Waals surface area (Å²) in [7, 11) is 0. The number of fused-ring (bicyclic) bond motifs is 1. The number of amides is 1. The van der Waals surface area contributed by atoms with Crippen molar-refractivity contribution in [2.24, 2.45) is 0 Å². The van der Waals surface area contributed by atoms with Crippen molar-refractivity contribution in [1.82, 2.24) is 20.0 Å². The zero-order chi connectivity index (χ0) is 20.2. The molecule has 0 saturated carbocycles. The van der Waals surface area contributed by atoms with Crippen LogP contribution in [0.4, 0.5) is 0 Å². The number of aromatic nitrogens is 2. The molecule has 1 fully saturated rings. The van der Waals surface area contributed by atoms with Gasteiger partial charge in [-0.25, -0.2) is 0 Å². The molecule has 0 bridgehead atoms. The Kier molecular flexibility index (Phi) is 6.31. The third-order valence-corrected chi connectivity index (χ3v) is 5.93. The highest BCUT2D eigenvalue weighted by Gasteiger charge is 2.27. The van der Waals surface area contributed by atoms with Crippen molar-refractivity contribution in [2.75, 3.05) is 19.7 Å². The summed E-state index contributed by atoms with van der Waals surface area (Å²) in [6, 6.07) is 11.0. The number of aryl methyl sites for hydroxylation is 1. The lowest BCUT2D eigenvalue weighted by molar-refractivity contribution is -0.126. The number of hydrogen-bond donors (Lipinski definition) is 1. The van der Waals surface area contributed by atoms with Gasteiger partial charge in [-0.1, -0.05) is 30.3 Å². The monoisotopic (exact) mass is 396 g/mol. The maximum Gasteiger partial charge on any atom is 0.222 e. The Balaban J connectivity index is 1.28. The Hall–Kier alpha value is -2.18. The predicted octanol–water partition coefficient (Wildman–Crippen LogP) is 2.73. The molecule has 4 rings (SSSR count). The van der Waals surface area contributed by atoms with Crippen LogP contribution >= 0.6 is 0 Å². The molecule has 2 unspecified atom stereocenters. The minimum atomic E-state index is -0.0344. The number of carbonyl (C=O) groups is 1. The second kappa shape index (κ2) is 9.09. The molecule has 6 nitrogen and oxygen atoms in total. The van der Waals surface area contributed by atoms with Crippen molar-refractivity contribution >= 4 is 5.91 Å². The van der Waals surface area contributed by atoms with Crippen molar-refractivity contribution in [3.8, 4) is 0 Å². The van der Waals surface area contributed by atoms with Gasteiger partial charge in [0.05, 0.1) is 25.3 Å². The maximum absolute atomic E-state index is 12.7. The predicted molar refractivity (Wildman–Crippen MR) is 113 cm³/mol. The summed E-state index contributed by atoms with van der Waals surface area (Å²) in [5.74, 6) is 0.0978. The van der Waals surface area contributed by atoms with E-state index < -0.39 is 0 Å². The molecule has 0 spiro atoms. The number of ether oxygens (including phenoxy) is 1. The zero-order valence-electron chi connectivity index (χ0n) is 17.5. The molecule has 2 aromatic rings. The van der Waals surface area contributed by atoms with Gasteiger partial charge in [0.1, 0.15) is 0 Å². The van der Waals surface area contributed by atoms with Gasteiger partial charge in [-0.3, -0.25) is 14.4 Å². The first kappa shape index (κ1) is 20.1. The lowest BCUT2D eigenvalue weighted by Crippen LogP contribution is -2.46. The van der Waals surface area contributed by atoms with Gasteiger partial charge in [0.15, 0.2) is 0 Å². The third-order valence-electron chi connectivity index (χ3n) is 5.93. The van der Waals surface area contributed by atoms with Gasteiger partial charge in [0.25, 0.3) is 0 Å². The highest BCUT2D eigenvalue weighted by Crippen LogP contribution is 2.24. The zero-order valence-corrected chi connectivity index (χ0v) is 17.5. The molecular weight excluding hydrogens is 364 g/mol. The molecule has 29 heavy (non-hydrogen) atoms. The second-order valence-corrected chi connectivity index (χ2v) is 8.58. The van der Waals surface area contributed by atoms with E-state index in [9.17, 15) is 4.79 Å². The van der Waals surface area contributed by atoms with Crippen LogP contribution in [0.15, 0.2) is 36.5 Å². The molecule has 2 aliphatic rings.